The van der Waals surface area contributed by atoms with Crippen LogP contribution >= 0.6 is 0 Å². The first-order valence-corrected chi connectivity index (χ1v) is 4.24. The molecule has 0 aromatic heterocycles. The van der Waals surface area contributed by atoms with E-state index in [-0.39, 0.29) is 0 Å². The number of hydrogen-bond donors (Lipinski definition) is 3. The standard InChI is InChI=1S/C8H17NO3/c1-9-6-4-2-3-5-7(10)8(11)12/h7,9-10H,2-6H2,1H3,(H,11,12). The van der Waals surface area contributed by atoms with Crippen LogP contribution in [0.5, 0.6) is 0 Å². The van der Waals surface area contributed by atoms with Crippen LogP contribution in [0.25, 0.3) is 0 Å². The number of hydrogen-bond acceptors (Lipinski definition) is 3. The van der Waals surface area contributed by atoms with Crippen molar-refractivity contribution in [1.82, 2.24) is 5.32 Å². The fourth-order valence-corrected chi connectivity index (χ4v) is 0.940. The molecule has 0 spiro atoms. The highest BCUT2D eigenvalue weighted by Crippen LogP contribution is 2.02. The van der Waals surface area contributed by atoms with Crippen molar-refractivity contribution in [3.8, 4) is 0 Å². The largest absolute Gasteiger partial charge is 0.479 e. The fraction of sp³-hybridized carbons (Fsp3) is 0.875. The lowest BCUT2D eigenvalue weighted by molar-refractivity contribution is -0.146. The number of rotatable bonds is 7. The fourth-order valence-electron chi connectivity index (χ4n) is 0.940. The Morgan fingerprint density at radius 2 is 2.08 bits per heavy atom. The molecule has 0 bridgehead atoms. The van der Waals surface area contributed by atoms with Crippen LogP contribution in [0.4, 0.5) is 0 Å². The molecule has 1 atom stereocenters. The van der Waals surface area contributed by atoms with Crippen molar-refractivity contribution in [2.75, 3.05) is 13.6 Å². The Morgan fingerprint density at radius 3 is 2.58 bits per heavy atom. The number of aliphatic carboxylic acids is 1. The molecule has 0 aromatic rings. The maximum atomic E-state index is 10.2. The van der Waals surface area contributed by atoms with Gasteiger partial charge in [0.25, 0.3) is 0 Å². The molecule has 0 heterocycles. The number of nitrogens with one attached hydrogen (secondary N) is 1. The summed E-state index contributed by atoms with van der Waals surface area (Å²) >= 11 is 0. The van der Waals surface area contributed by atoms with E-state index in [4.69, 9.17) is 10.2 Å². The van der Waals surface area contributed by atoms with Crippen LogP contribution in [0.2, 0.25) is 0 Å². The third kappa shape index (κ3) is 6.12. The minimum atomic E-state index is -1.18. The summed E-state index contributed by atoms with van der Waals surface area (Å²) in [6.07, 6.45) is 1.95. The van der Waals surface area contributed by atoms with Crippen LogP contribution in [-0.4, -0.2) is 35.9 Å². The molecule has 0 saturated heterocycles. The van der Waals surface area contributed by atoms with Gasteiger partial charge in [0, 0.05) is 0 Å². The number of unbranched alkanes of at least 4 members (excludes halogenated alkanes) is 2. The summed E-state index contributed by atoms with van der Waals surface area (Å²) in [6.45, 7) is 0.948. The van der Waals surface area contributed by atoms with Gasteiger partial charge in [0.1, 0.15) is 0 Å². The molecule has 1 unspecified atom stereocenters. The van der Waals surface area contributed by atoms with Crippen LogP contribution in [0.1, 0.15) is 25.7 Å². The van der Waals surface area contributed by atoms with Crippen molar-refractivity contribution in [3.63, 3.8) is 0 Å². The number of carboxylic acids is 1. The molecule has 12 heavy (non-hydrogen) atoms. The molecule has 0 amide bonds. The van der Waals surface area contributed by atoms with Crippen LogP contribution in [-0.2, 0) is 4.79 Å². The molecule has 0 aromatic carbocycles. The average Bonchev–Trinajstić information content (AvgIpc) is 2.03. The third-order valence-corrected chi connectivity index (χ3v) is 1.69. The maximum absolute atomic E-state index is 10.2. The molecule has 0 rings (SSSR count). The molecule has 0 fully saturated rings. The molecular weight excluding hydrogens is 158 g/mol. The predicted molar refractivity (Wildman–Crippen MR) is 46.0 cm³/mol. The molecule has 72 valence electrons. The van der Waals surface area contributed by atoms with E-state index < -0.39 is 12.1 Å². The van der Waals surface area contributed by atoms with Gasteiger partial charge in [-0.25, -0.2) is 4.79 Å². The monoisotopic (exact) mass is 175 g/mol. The first-order chi connectivity index (χ1) is 5.68. The van der Waals surface area contributed by atoms with E-state index in [0.717, 1.165) is 25.8 Å². The summed E-state index contributed by atoms with van der Waals surface area (Å²) in [5, 5.41) is 20.2. The van der Waals surface area contributed by atoms with Crippen molar-refractivity contribution in [1.29, 1.82) is 0 Å². The van der Waals surface area contributed by atoms with Crippen molar-refractivity contribution < 1.29 is 15.0 Å². The second kappa shape index (κ2) is 7.06. The minimum absolute atomic E-state index is 0.360. The smallest absolute Gasteiger partial charge is 0.332 e. The summed E-state index contributed by atoms with van der Waals surface area (Å²) in [4.78, 5) is 10.2. The summed E-state index contributed by atoms with van der Waals surface area (Å²) in [7, 11) is 1.88. The Bertz CT molecular complexity index is 127. The second-order valence-electron chi connectivity index (χ2n) is 2.81. The Hall–Kier alpha value is -0.610. The summed E-state index contributed by atoms with van der Waals surface area (Å²) in [6, 6.07) is 0. The van der Waals surface area contributed by atoms with Gasteiger partial charge in [-0.1, -0.05) is 12.8 Å². The zero-order valence-corrected chi connectivity index (χ0v) is 7.42. The van der Waals surface area contributed by atoms with Gasteiger partial charge in [-0.05, 0) is 26.4 Å². The van der Waals surface area contributed by atoms with Crippen LogP contribution in [0.3, 0.4) is 0 Å². The van der Waals surface area contributed by atoms with Crippen molar-refractivity contribution in [2.24, 2.45) is 0 Å². The van der Waals surface area contributed by atoms with E-state index in [0.29, 0.717) is 6.42 Å². The van der Waals surface area contributed by atoms with E-state index >= 15 is 0 Å². The summed E-state index contributed by atoms with van der Waals surface area (Å²) < 4.78 is 0. The molecule has 0 aliphatic carbocycles. The molecule has 3 N–H and O–H groups in total. The van der Waals surface area contributed by atoms with Gasteiger partial charge in [-0.2, -0.15) is 0 Å². The Labute approximate surface area is 72.6 Å². The lowest BCUT2D eigenvalue weighted by Gasteiger charge is -2.04. The highest BCUT2D eigenvalue weighted by atomic mass is 16.4. The summed E-state index contributed by atoms with van der Waals surface area (Å²) in [5.41, 5.74) is 0. The average molecular weight is 175 g/mol. The van der Waals surface area contributed by atoms with Crippen molar-refractivity contribution >= 4 is 5.97 Å². The van der Waals surface area contributed by atoms with E-state index in [1.54, 1.807) is 0 Å². The zero-order valence-electron chi connectivity index (χ0n) is 7.42. The third-order valence-electron chi connectivity index (χ3n) is 1.69. The van der Waals surface area contributed by atoms with Gasteiger partial charge in [-0.15, -0.1) is 0 Å². The first kappa shape index (κ1) is 11.4. The van der Waals surface area contributed by atoms with E-state index in [1.807, 2.05) is 7.05 Å². The van der Waals surface area contributed by atoms with Gasteiger partial charge >= 0.3 is 5.97 Å². The minimum Gasteiger partial charge on any atom is -0.479 e. The SMILES string of the molecule is CNCCCCCC(O)C(=O)O. The molecule has 0 aliphatic heterocycles. The number of carbonyl (C=O) groups is 1. The van der Waals surface area contributed by atoms with Gasteiger partial charge < -0.3 is 15.5 Å². The van der Waals surface area contributed by atoms with Crippen LogP contribution in [0.15, 0.2) is 0 Å². The first-order valence-electron chi connectivity index (χ1n) is 4.24. The number of aliphatic hydroxyl groups excluding tert-OH is 1. The van der Waals surface area contributed by atoms with Crippen LogP contribution < -0.4 is 5.32 Å². The topological polar surface area (TPSA) is 69.6 Å². The molecule has 0 radical (unpaired) electrons. The van der Waals surface area contributed by atoms with E-state index in [9.17, 15) is 4.79 Å². The quantitative estimate of drug-likeness (QED) is 0.484. The van der Waals surface area contributed by atoms with Crippen LogP contribution in [0, 0.1) is 0 Å². The van der Waals surface area contributed by atoms with E-state index in [1.165, 1.54) is 0 Å². The lowest BCUT2D eigenvalue weighted by atomic mass is 10.1. The molecule has 0 saturated carbocycles. The lowest BCUT2D eigenvalue weighted by Crippen LogP contribution is -2.19. The van der Waals surface area contributed by atoms with Gasteiger partial charge in [-0.3, -0.25) is 0 Å². The molecule has 4 heteroatoms. The molecular formula is C8H17NO3. The molecule has 4 nitrogen and oxygen atoms in total. The van der Waals surface area contributed by atoms with Crippen molar-refractivity contribution in [3.05, 3.63) is 0 Å². The molecule has 0 aliphatic rings. The Balaban J connectivity index is 3.14. The van der Waals surface area contributed by atoms with Gasteiger partial charge in [0.15, 0.2) is 6.10 Å². The van der Waals surface area contributed by atoms with E-state index in [2.05, 4.69) is 5.32 Å². The number of carboxylic acid groups (broad SMARTS) is 1. The maximum Gasteiger partial charge on any atom is 0.332 e. The Kier molecular flexibility index (Phi) is 6.70. The number of aliphatic hydroxyl groups is 1. The summed E-state index contributed by atoms with van der Waals surface area (Å²) in [5.74, 6) is -1.12. The zero-order chi connectivity index (χ0) is 9.40. The Morgan fingerprint density at radius 1 is 1.42 bits per heavy atom. The van der Waals surface area contributed by atoms with Gasteiger partial charge in [0.2, 0.25) is 0 Å². The van der Waals surface area contributed by atoms with Gasteiger partial charge in [0.05, 0.1) is 0 Å². The predicted octanol–water partition coefficient (Wildman–Crippen LogP) is 0.212. The second-order valence-corrected chi connectivity index (χ2v) is 2.81. The highest BCUT2D eigenvalue weighted by molar-refractivity contribution is 5.71. The highest BCUT2D eigenvalue weighted by Gasteiger charge is 2.11. The normalized spacial score (nSPS) is 12.8. The van der Waals surface area contributed by atoms with Crippen molar-refractivity contribution in [2.45, 2.75) is 31.8 Å².